The zero-order valence-corrected chi connectivity index (χ0v) is 79.7. The second-order valence-electron chi connectivity index (χ2n) is 27.2. The molecule has 3 amide bonds. The van der Waals surface area contributed by atoms with Crippen LogP contribution in [-0.2, 0) is 77.0 Å². The van der Waals surface area contributed by atoms with E-state index >= 15 is 0 Å². The standard InChI is InChI=1S/C34H47NO5.C20H21NO6.C12H15NO4.C11H15NO3.C9H8O4.C8H7ClO2.C3H5ClO2.C3H9NO.CH4O/c1-3-4-5-6-7-8-9-10-11-12-13-14-15-16-17-18-19-20-21-27-33(37)35-28-24-29-39-34(38)31-25-22-23-26-32(31)40-30(2)36;1-15(22)27-18-11-6-5-10-17(18)19(23)25-13-7-12-21-20(24)26-14-16-8-3-2-4-9-16;1-9(14)17-11-6-3-2-5-10(11)12(15)16-8-4-7-13;13-8-4-7-12-11(14)15-9-10-5-2-1-3-6-10;1-6(10)13-8-5-3-2-4-7(8)9(11)12;9-8(10)11-6-7-4-2-1-3-5-7;1-2-6-3(4)5;4-2-1-3-5;1-2/h4-5,7-8,10-11,16-17,19-20,22-23,25-26H,3,6,9,12-15,18,21,24,27-29H2,1-2H3,(H,35,37);2-6,8-11H,7,12-14H2,1H3,(H,21,24);2-3,5-6H,4,7-8,13H2,1H3;1-3,5-6,13H,4,7-9H2,(H,12,14);2-5H,1H3,(H,11,12);1-5H,6H2;2H2,1H3;5H,1-4H2;2H,1H3/b5-4-,8-7-,11-10-,17-16-,20-19-;;;;;;;;. The fourth-order valence-electron chi connectivity index (χ4n) is 9.80. The molecule has 0 fully saturated rings. The first-order chi connectivity index (χ1) is 65.7. The lowest BCUT2D eigenvalue weighted by Crippen LogP contribution is -2.26. The molecule has 0 saturated carbocycles. The van der Waals surface area contributed by atoms with E-state index < -0.39 is 70.8 Å². The number of carbonyl (C=O) groups is 13. The molecule has 0 aromatic heterocycles. The van der Waals surface area contributed by atoms with Crippen LogP contribution in [0.4, 0.5) is 19.2 Å². The number of ether oxygens (including phenoxy) is 11. The number of carbonyl (C=O) groups excluding carboxylic acids is 12. The third-order valence-corrected chi connectivity index (χ3v) is 16.2. The number of alkyl carbamates (subject to hydrolysis) is 2. The van der Waals surface area contributed by atoms with Gasteiger partial charge in [0.25, 0.3) is 0 Å². The molecule has 0 aliphatic carbocycles. The molecule has 0 spiro atoms. The van der Waals surface area contributed by atoms with Gasteiger partial charge in [-0.2, -0.15) is 0 Å². The number of para-hydroxylation sites is 4. The maximum atomic E-state index is 12.2. The number of unbranched alkanes of at least 4 members (excludes halogenated alkanes) is 3. The predicted molar refractivity (Wildman–Crippen MR) is 517 cm³/mol. The molecule has 0 heterocycles. The molecule has 742 valence electrons. The lowest BCUT2D eigenvalue weighted by Gasteiger charge is -2.09. The van der Waals surface area contributed by atoms with Crippen molar-refractivity contribution in [2.45, 2.75) is 158 Å². The molecular formula is C101H131Cl2N5O28. The van der Waals surface area contributed by atoms with Crippen LogP contribution in [0.5, 0.6) is 23.0 Å². The third kappa shape index (κ3) is 72.9. The number of aliphatic hydroxyl groups excluding tert-OH is 3. The number of carboxylic acids is 1. The average molecular weight is 1930 g/mol. The monoisotopic (exact) mass is 1930 g/mol. The topological polar surface area (TPSA) is 492 Å². The Balaban J connectivity index is 0. The zero-order valence-electron chi connectivity index (χ0n) is 78.2. The van der Waals surface area contributed by atoms with Gasteiger partial charge in [0, 0.05) is 97.3 Å². The summed E-state index contributed by atoms with van der Waals surface area (Å²) in [5.41, 5.74) is 12.1. The van der Waals surface area contributed by atoms with Gasteiger partial charge in [0.1, 0.15) is 65.1 Å². The lowest BCUT2D eigenvalue weighted by atomic mass is 10.1. The summed E-state index contributed by atoms with van der Waals surface area (Å²) in [5.74, 6) is -4.26. The van der Waals surface area contributed by atoms with Crippen LogP contribution in [0.3, 0.4) is 0 Å². The highest BCUT2D eigenvalue weighted by molar-refractivity contribution is 6.61. The number of halogens is 2. The second-order valence-corrected chi connectivity index (χ2v) is 27.8. The zero-order chi connectivity index (χ0) is 101. The molecule has 11 N–H and O–H groups in total. The lowest BCUT2D eigenvalue weighted by molar-refractivity contribution is -0.132. The van der Waals surface area contributed by atoms with Crippen molar-refractivity contribution in [1.29, 1.82) is 0 Å². The number of hydrogen-bond acceptors (Lipinski definition) is 29. The van der Waals surface area contributed by atoms with Crippen LogP contribution in [0.2, 0.25) is 0 Å². The molecule has 0 aliphatic rings. The maximum Gasteiger partial charge on any atom is 0.407 e. The number of rotatable bonds is 46. The summed E-state index contributed by atoms with van der Waals surface area (Å²) in [6.45, 7) is 12.9. The first-order valence-electron chi connectivity index (χ1n) is 43.7. The summed E-state index contributed by atoms with van der Waals surface area (Å²) in [7, 11) is 1.00. The van der Waals surface area contributed by atoms with Crippen molar-refractivity contribution < 1.29 is 135 Å². The Bertz CT molecular complexity index is 4650. The summed E-state index contributed by atoms with van der Waals surface area (Å²) >= 11 is 9.68. The number of nitrogens with one attached hydrogen (secondary N) is 3. The molecule has 35 heteroatoms. The summed E-state index contributed by atoms with van der Waals surface area (Å²) in [4.78, 5) is 145. The van der Waals surface area contributed by atoms with Gasteiger partial charge in [0.2, 0.25) is 5.91 Å². The summed E-state index contributed by atoms with van der Waals surface area (Å²) in [6.07, 6.45) is 33.5. The second kappa shape index (κ2) is 86.7. The number of nitrogens with two attached hydrogens (primary N) is 2. The highest BCUT2D eigenvalue weighted by atomic mass is 35.5. The van der Waals surface area contributed by atoms with Crippen LogP contribution < -0.4 is 46.4 Å². The molecule has 0 atom stereocenters. The Morgan fingerprint density at radius 1 is 0.338 bits per heavy atom. The summed E-state index contributed by atoms with van der Waals surface area (Å²) in [6, 6.07) is 53.3. The minimum absolute atomic E-state index is 0.0160. The Kier molecular flexibility index (Phi) is 79.3. The van der Waals surface area contributed by atoms with Crippen molar-refractivity contribution in [2.24, 2.45) is 11.5 Å². The quantitative estimate of drug-likeness (QED) is 0.00427. The number of amides is 3. The highest BCUT2D eigenvalue weighted by Gasteiger charge is 2.19. The smallest absolute Gasteiger partial charge is 0.407 e. The number of aliphatic hydroxyl groups is 3. The van der Waals surface area contributed by atoms with Crippen molar-refractivity contribution in [3.8, 4) is 23.0 Å². The van der Waals surface area contributed by atoms with E-state index in [2.05, 4.69) is 91.8 Å². The Morgan fingerprint density at radius 3 is 0.956 bits per heavy atom. The first kappa shape index (κ1) is 124. The van der Waals surface area contributed by atoms with E-state index in [4.69, 9.17) is 93.0 Å². The Labute approximate surface area is 805 Å². The minimum Gasteiger partial charge on any atom is -0.478 e. The molecule has 7 aromatic rings. The Hall–Kier alpha value is -13.7. The van der Waals surface area contributed by atoms with E-state index in [0.717, 1.165) is 68.7 Å². The van der Waals surface area contributed by atoms with Crippen LogP contribution in [0.25, 0.3) is 0 Å². The van der Waals surface area contributed by atoms with Gasteiger partial charge in [-0.05, 0) is 175 Å². The number of benzene rings is 7. The van der Waals surface area contributed by atoms with Gasteiger partial charge >= 0.3 is 70.8 Å². The number of hydrogen-bond donors (Lipinski definition) is 9. The van der Waals surface area contributed by atoms with Gasteiger partial charge in [-0.15, -0.1) is 0 Å². The van der Waals surface area contributed by atoms with Gasteiger partial charge in [0.15, 0.2) is 0 Å². The van der Waals surface area contributed by atoms with Crippen LogP contribution in [-0.4, -0.2) is 177 Å². The number of aromatic carboxylic acids is 1. The van der Waals surface area contributed by atoms with Gasteiger partial charge in [-0.1, -0.05) is 207 Å². The Morgan fingerprint density at radius 2 is 0.640 bits per heavy atom. The average Bonchev–Trinajstić information content (AvgIpc) is 0.873. The molecular weight excluding hydrogens is 1800 g/mol. The number of esters is 7. The van der Waals surface area contributed by atoms with Crippen molar-refractivity contribution in [2.75, 3.05) is 79.5 Å². The van der Waals surface area contributed by atoms with E-state index in [1.807, 2.05) is 97.1 Å². The van der Waals surface area contributed by atoms with E-state index in [-0.39, 0.29) is 104 Å². The molecule has 7 rings (SSSR count). The molecule has 136 heavy (non-hydrogen) atoms. The van der Waals surface area contributed by atoms with Crippen molar-refractivity contribution >= 4 is 99.9 Å². The van der Waals surface area contributed by atoms with Crippen LogP contribution in [0, 0.1) is 0 Å². The normalized spacial score (nSPS) is 10.1. The van der Waals surface area contributed by atoms with Gasteiger partial charge in [0.05, 0.1) is 26.4 Å². The van der Waals surface area contributed by atoms with Crippen LogP contribution in [0.1, 0.15) is 196 Å². The largest absolute Gasteiger partial charge is 0.478 e. The van der Waals surface area contributed by atoms with Crippen LogP contribution >= 0.6 is 23.2 Å². The van der Waals surface area contributed by atoms with E-state index in [1.54, 1.807) is 79.7 Å². The molecule has 0 radical (unpaired) electrons. The molecule has 7 aromatic carbocycles. The third-order valence-electron chi connectivity index (χ3n) is 16.0. The van der Waals surface area contributed by atoms with Gasteiger partial charge < -0.3 is 99.9 Å². The van der Waals surface area contributed by atoms with Gasteiger partial charge in [-0.3, -0.25) is 24.0 Å². The van der Waals surface area contributed by atoms with E-state index in [0.29, 0.717) is 77.9 Å². The van der Waals surface area contributed by atoms with Crippen molar-refractivity contribution in [3.05, 3.63) is 288 Å². The SMILES string of the molecule is CC(=O)Oc1ccccc1C(=O)O.CC(=O)Oc1ccccc1C(=O)OCCCN.CC(=O)Oc1ccccc1C(=O)OCCCNC(=O)OCc1ccccc1.CC/C=C\C/C=C\C/C=C\CCCC/C=C\C/C=C\CCC(=O)NCCCOC(=O)c1ccccc1OC(C)=O.CCOC(=O)Cl.CO.NCCCO.O=C(Cl)OCc1ccccc1.O=C(NCCCO)OCc1ccccc1. The fourth-order valence-corrected chi connectivity index (χ4v) is 9.96. The molecule has 0 aliphatic heterocycles. The fraction of sp³-hybridized carbons (Fsp3) is 0.356. The molecule has 0 bridgehead atoms. The van der Waals surface area contributed by atoms with E-state index in [9.17, 15) is 62.3 Å². The van der Waals surface area contributed by atoms with Crippen molar-refractivity contribution in [3.63, 3.8) is 0 Å². The molecule has 0 unspecified atom stereocenters. The maximum absolute atomic E-state index is 12.2. The summed E-state index contributed by atoms with van der Waals surface area (Å²) in [5, 5.41) is 40.1. The van der Waals surface area contributed by atoms with E-state index in [1.165, 1.54) is 64.8 Å². The predicted octanol–water partition coefficient (Wildman–Crippen LogP) is 17.7. The number of allylic oxidation sites excluding steroid dienone is 10. The first-order valence-corrected chi connectivity index (χ1v) is 44.4. The molecule has 33 nitrogen and oxygen atoms in total. The molecule has 0 saturated heterocycles. The highest BCUT2D eigenvalue weighted by Crippen LogP contribution is 2.23. The number of carboxylic acid groups (broad SMARTS) is 1. The van der Waals surface area contributed by atoms with Crippen LogP contribution in [0.15, 0.2) is 249 Å². The summed E-state index contributed by atoms with van der Waals surface area (Å²) < 4.78 is 53.7. The van der Waals surface area contributed by atoms with Crippen molar-refractivity contribution in [1.82, 2.24) is 16.0 Å². The minimum atomic E-state index is -1.11. The van der Waals surface area contributed by atoms with Gasteiger partial charge in [-0.25, -0.2) is 38.4 Å².